The van der Waals surface area contributed by atoms with Crippen molar-refractivity contribution in [2.24, 2.45) is 0 Å². The predicted molar refractivity (Wildman–Crippen MR) is 115 cm³/mol. The van der Waals surface area contributed by atoms with Crippen LogP contribution in [0.2, 0.25) is 0 Å². The summed E-state index contributed by atoms with van der Waals surface area (Å²) in [6, 6.07) is 7.11. The van der Waals surface area contributed by atoms with Crippen LogP contribution in [0, 0.1) is 11.6 Å². The Balaban J connectivity index is 1.42. The van der Waals surface area contributed by atoms with Gasteiger partial charge in [-0.25, -0.2) is 22.2 Å². The summed E-state index contributed by atoms with van der Waals surface area (Å²) in [6.45, 7) is 0.759. The van der Waals surface area contributed by atoms with Crippen LogP contribution in [0.4, 0.5) is 27.1 Å². The van der Waals surface area contributed by atoms with Crippen molar-refractivity contribution in [1.82, 2.24) is 4.98 Å². The lowest BCUT2D eigenvalue weighted by Gasteiger charge is -2.31. The maximum atomic E-state index is 13.4. The van der Waals surface area contributed by atoms with Crippen molar-refractivity contribution in [3.05, 3.63) is 76.3 Å². The Kier molecular flexibility index (Phi) is 6.45. The van der Waals surface area contributed by atoms with Crippen LogP contribution < -0.4 is 4.90 Å². The van der Waals surface area contributed by atoms with Gasteiger partial charge in [-0.05, 0) is 48.7 Å². The standard InChI is InChI=1S/C22H19F5N2O2S2/c23-16-8-14(9-17(24)12-16)10-18-13-32-21(28-18)29-6-4-19(5-7-29)33(30,31)20-3-1-2-15(11-20)22(25,26)27/h1-3,8-9,11-13,19H,4-7,10H2. The van der Waals surface area contributed by atoms with Crippen molar-refractivity contribution < 1.29 is 30.4 Å². The van der Waals surface area contributed by atoms with Crippen molar-refractivity contribution in [2.75, 3.05) is 18.0 Å². The van der Waals surface area contributed by atoms with E-state index >= 15 is 0 Å². The first kappa shape index (κ1) is 23.6. The molecule has 0 N–H and O–H groups in total. The minimum Gasteiger partial charge on any atom is -0.348 e. The van der Waals surface area contributed by atoms with Gasteiger partial charge in [-0.2, -0.15) is 13.2 Å². The van der Waals surface area contributed by atoms with Crippen LogP contribution in [0.15, 0.2) is 52.7 Å². The Morgan fingerprint density at radius 2 is 1.70 bits per heavy atom. The molecule has 11 heteroatoms. The van der Waals surface area contributed by atoms with Crippen molar-refractivity contribution in [2.45, 2.75) is 35.6 Å². The minimum absolute atomic E-state index is 0.253. The van der Waals surface area contributed by atoms with Crippen molar-refractivity contribution >= 4 is 26.3 Å². The van der Waals surface area contributed by atoms with Gasteiger partial charge >= 0.3 is 6.18 Å². The maximum Gasteiger partial charge on any atom is 0.416 e. The molecule has 0 atom stereocenters. The Bertz CT molecular complexity index is 1230. The fourth-order valence-electron chi connectivity index (χ4n) is 3.84. The van der Waals surface area contributed by atoms with E-state index in [1.165, 1.54) is 29.5 Å². The van der Waals surface area contributed by atoms with Gasteiger partial charge in [0, 0.05) is 31.0 Å². The molecule has 4 rings (SSSR count). The van der Waals surface area contributed by atoms with E-state index < -0.39 is 38.5 Å². The quantitative estimate of drug-likeness (QED) is 0.434. The van der Waals surface area contributed by atoms with Crippen LogP contribution >= 0.6 is 11.3 Å². The van der Waals surface area contributed by atoms with Gasteiger partial charge in [0.05, 0.1) is 21.4 Å². The van der Waals surface area contributed by atoms with Crippen molar-refractivity contribution in [3.8, 4) is 0 Å². The number of hydrogen-bond donors (Lipinski definition) is 0. The lowest BCUT2D eigenvalue weighted by atomic mass is 10.1. The monoisotopic (exact) mass is 502 g/mol. The van der Waals surface area contributed by atoms with Crippen molar-refractivity contribution in [3.63, 3.8) is 0 Å². The molecule has 0 spiro atoms. The summed E-state index contributed by atoms with van der Waals surface area (Å²) in [5.74, 6) is -1.32. The van der Waals surface area contributed by atoms with Gasteiger partial charge in [0.2, 0.25) is 0 Å². The van der Waals surface area contributed by atoms with Crippen LogP contribution in [-0.4, -0.2) is 31.7 Å². The molecule has 0 bridgehead atoms. The molecular formula is C22H19F5N2O2S2. The Morgan fingerprint density at radius 3 is 2.33 bits per heavy atom. The topological polar surface area (TPSA) is 50.3 Å². The Labute approximate surface area is 191 Å². The number of aromatic nitrogens is 1. The third-order valence-corrected chi connectivity index (χ3v) is 8.70. The van der Waals surface area contributed by atoms with E-state index in [4.69, 9.17) is 0 Å². The van der Waals surface area contributed by atoms with Gasteiger partial charge in [-0.15, -0.1) is 11.3 Å². The molecule has 2 aromatic carbocycles. The van der Waals surface area contributed by atoms with Crippen LogP contribution in [0.25, 0.3) is 0 Å². The summed E-state index contributed by atoms with van der Waals surface area (Å²) in [5, 5.41) is 1.66. The average Bonchev–Trinajstić information content (AvgIpc) is 3.21. The smallest absolute Gasteiger partial charge is 0.348 e. The van der Waals surface area contributed by atoms with E-state index in [2.05, 4.69) is 4.98 Å². The zero-order chi connectivity index (χ0) is 23.8. The Hall–Kier alpha value is -2.53. The number of rotatable bonds is 5. The largest absolute Gasteiger partial charge is 0.416 e. The lowest BCUT2D eigenvalue weighted by Crippen LogP contribution is -2.39. The van der Waals surface area contributed by atoms with E-state index in [9.17, 15) is 30.4 Å². The summed E-state index contributed by atoms with van der Waals surface area (Å²) in [5.41, 5.74) is 0.100. The second kappa shape index (κ2) is 9.02. The second-order valence-electron chi connectivity index (χ2n) is 7.83. The molecule has 1 fully saturated rings. The maximum absolute atomic E-state index is 13.4. The number of benzene rings is 2. The molecule has 0 amide bonds. The SMILES string of the molecule is O=S(=O)(c1cccc(C(F)(F)F)c1)C1CCN(c2nc(Cc3cc(F)cc(F)c3)cs2)CC1. The molecule has 0 radical (unpaired) electrons. The molecule has 176 valence electrons. The molecule has 2 heterocycles. The number of halogens is 5. The van der Waals surface area contributed by atoms with Crippen LogP contribution in [-0.2, 0) is 22.4 Å². The molecule has 1 aromatic heterocycles. The number of alkyl halides is 3. The normalized spacial score (nSPS) is 15.7. The fraction of sp³-hybridized carbons (Fsp3) is 0.318. The molecule has 33 heavy (non-hydrogen) atoms. The highest BCUT2D eigenvalue weighted by Crippen LogP contribution is 2.33. The van der Waals surface area contributed by atoms with Gasteiger partial charge in [0.25, 0.3) is 0 Å². The molecule has 1 aliphatic rings. The van der Waals surface area contributed by atoms with Gasteiger partial charge in [-0.3, -0.25) is 0 Å². The number of piperidine rings is 1. The summed E-state index contributed by atoms with van der Waals surface area (Å²) in [6.07, 6.45) is -3.86. The summed E-state index contributed by atoms with van der Waals surface area (Å²) in [4.78, 5) is 6.09. The van der Waals surface area contributed by atoms with E-state index in [-0.39, 0.29) is 24.2 Å². The highest BCUT2D eigenvalue weighted by molar-refractivity contribution is 7.92. The first-order valence-electron chi connectivity index (χ1n) is 10.1. The zero-order valence-corrected chi connectivity index (χ0v) is 18.8. The first-order chi connectivity index (χ1) is 15.5. The summed E-state index contributed by atoms with van der Waals surface area (Å²) >= 11 is 1.35. The first-order valence-corrected chi connectivity index (χ1v) is 12.5. The van der Waals surface area contributed by atoms with Crippen LogP contribution in [0.5, 0.6) is 0 Å². The van der Waals surface area contributed by atoms with Crippen LogP contribution in [0.3, 0.4) is 0 Å². The molecule has 1 saturated heterocycles. The number of sulfone groups is 1. The molecule has 4 nitrogen and oxygen atoms in total. The average molecular weight is 503 g/mol. The summed E-state index contributed by atoms with van der Waals surface area (Å²) < 4.78 is 91.5. The lowest BCUT2D eigenvalue weighted by molar-refractivity contribution is -0.137. The number of anilines is 1. The molecule has 3 aromatic rings. The molecular weight excluding hydrogens is 483 g/mol. The summed E-state index contributed by atoms with van der Waals surface area (Å²) in [7, 11) is -3.91. The van der Waals surface area contributed by atoms with Gasteiger partial charge in [0.1, 0.15) is 11.6 Å². The number of hydrogen-bond acceptors (Lipinski definition) is 5. The fourth-order valence-corrected chi connectivity index (χ4v) is 6.50. The van der Waals surface area contributed by atoms with Crippen molar-refractivity contribution in [1.29, 1.82) is 0 Å². The molecule has 0 aliphatic carbocycles. The van der Waals surface area contributed by atoms with E-state index in [0.29, 0.717) is 35.5 Å². The van der Waals surface area contributed by atoms with Gasteiger partial charge in [-0.1, -0.05) is 6.07 Å². The van der Waals surface area contributed by atoms with E-state index in [1.54, 1.807) is 5.38 Å². The third kappa shape index (κ3) is 5.35. The van der Waals surface area contributed by atoms with Gasteiger partial charge < -0.3 is 4.90 Å². The highest BCUT2D eigenvalue weighted by atomic mass is 32.2. The van der Waals surface area contributed by atoms with Crippen LogP contribution in [0.1, 0.15) is 29.7 Å². The molecule has 0 saturated carbocycles. The zero-order valence-electron chi connectivity index (χ0n) is 17.1. The molecule has 0 unspecified atom stereocenters. The second-order valence-corrected chi connectivity index (χ2v) is 10.9. The number of nitrogens with zero attached hydrogens (tertiary/aromatic N) is 2. The number of thiazole rings is 1. The van der Waals surface area contributed by atoms with E-state index in [0.717, 1.165) is 18.2 Å². The minimum atomic E-state index is -4.62. The third-order valence-electron chi connectivity index (χ3n) is 5.49. The van der Waals surface area contributed by atoms with Gasteiger partial charge in [0.15, 0.2) is 15.0 Å². The predicted octanol–water partition coefficient (Wildman–Crippen LogP) is 5.47. The Morgan fingerprint density at radius 1 is 1.03 bits per heavy atom. The highest BCUT2D eigenvalue weighted by Gasteiger charge is 2.35. The van der Waals surface area contributed by atoms with E-state index in [1.807, 2.05) is 4.90 Å². The molecule has 1 aliphatic heterocycles.